The van der Waals surface area contributed by atoms with Gasteiger partial charge in [0.05, 0.1) is 0 Å². The van der Waals surface area contributed by atoms with E-state index >= 15 is 0 Å². The molecule has 0 N–H and O–H groups in total. The Bertz CT molecular complexity index is 1050. The maximum atomic E-state index is 13.3. The van der Waals surface area contributed by atoms with Crippen LogP contribution in [0.4, 0.5) is 0 Å². The van der Waals surface area contributed by atoms with Crippen LogP contribution in [-0.4, -0.2) is 26.5 Å². The van der Waals surface area contributed by atoms with E-state index in [0.29, 0.717) is 24.7 Å². The maximum Gasteiger partial charge on any atom is 0.261 e. The Morgan fingerprint density at radius 1 is 0.882 bits per heavy atom. The molecule has 3 nitrogen and oxygen atoms in total. The minimum Gasteiger partial charge on any atom is -0.407 e. The third kappa shape index (κ3) is 3.66. The Balaban J connectivity index is 1.47. The molecular weight excluding hydrogens is 436 g/mol. The summed E-state index contributed by atoms with van der Waals surface area (Å²) in [7, 11) is -2.60. The fourth-order valence-electron chi connectivity index (χ4n) is 7.07. The predicted octanol–water partition coefficient (Wildman–Crippen LogP) is 4.94. The van der Waals surface area contributed by atoms with Gasteiger partial charge in [-0.1, -0.05) is 93.6 Å². The van der Waals surface area contributed by atoms with Gasteiger partial charge < -0.3 is 4.43 Å². The van der Waals surface area contributed by atoms with E-state index in [4.69, 9.17) is 4.43 Å². The van der Waals surface area contributed by atoms with Gasteiger partial charge in [-0.2, -0.15) is 0 Å². The molecule has 178 valence electrons. The van der Waals surface area contributed by atoms with Crippen LogP contribution in [0.2, 0.25) is 5.04 Å². The lowest BCUT2D eigenvalue weighted by molar-refractivity contribution is -0.132. The van der Waals surface area contributed by atoms with E-state index in [9.17, 15) is 9.59 Å². The number of fused-ring (bicyclic) bond motifs is 6. The third-order valence-electron chi connectivity index (χ3n) is 8.69. The second kappa shape index (κ2) is 8.73. The van der Waals surface area contributed by atoms with E-state index in [1.54, 1.807) is 0 Å². The normalized spacial score (nSPS) is 29.3. The summed E-state index contributed by atoms with van der Waals surface area (Å²) in [6, 6.07) is 21.5. The lowest BCUT2D eigenvalue weighted by Gasteiger charge is -2.44. The number of benzene rings is 2. The van der Waals surface area contributed by atoms with Crippen molar-refractivity contribution in [3.8, 4) is 0 Å². The van der Waals surface area contributed by atoms with Crippen molar-refractivity contribution in [1.82, 2.24) is 0 Å². The lowest BCUT2D eigenvalue weighted by Crippen LogP contribution is -2.66. The van der Waals surface area contributed by atoms with Crippen LogP contribution in [-0.2, 0) is 14.0 Å². The average Bonchev–Trinajstić information content (AvgIpc) is 2.97. The molecule has 5 rings (SSSR count). The van der Waals surface area contributed by atoms with E-state index in [1.165, 1.54) is 10.4 Å². The van der Waals surface area contributed by atoms with E-state index in [0.717, 1.165) is 24.8 Å². The Morgan fingerprint density at radius 3 is 2.03 bits per heavy atom. The number of ketones is 2. The first kappa shape index (κ1) is 23.4. The fraction of sp³-hybridized carbons (Fsp3) is 0.467. The largest absolute Gasteiger partial charge is 0.407 e. The summed E-state index contributed by atoms with van der Waals surface area (Å²) in [6.07, 6.45) is 3.05. The molecule has 0 aliphatic heterocycles. The van der Waals surface area contributed by atoms with Crippen LogP contribution in [0, 0.1) is 29.6 Å². The summed E-state index contributed by atoms with van der Waals surface area (Å²) in [5, 5.41) is 2.51. The van der Waals surface area contributed by atoms with Crippen molar-refractivity contribution in [2.45, 2.75) is 51.5 Å². The van der Waals surface area contributed by atoms with Gasteiger partial charge in [-0.3, -0.25) is 9.59 Å². The monoisotopic (exact) mass is 472 g/mol. The van der Waals surface area contributed by atoms with E-state index < -0.39 is 8.32 Å². The summed E-state index contributed by atoms with van der Waals surface area (Å²) in [5.74, 6) is 0.513. The van der Waals surface area contributed by atoms with Crippen LogP contribution in [0.5, 0.6) is 0 Å². The van der Waals surface area contributed by atoms with Gasteiger partial charge in [0.25, 0.3) is 8.32 Å². The second-order valence-corrected chi connectivity index (χ2v) is 15.9. The molecule has 3 aliphatic carbocycles. The molecule has 0 saturated heterocycles. The summed E-state index contributed by atoms with van der Waals surface area (Å²) in [5.41, 5.74) is 1.04. The summed E-state index contributed by atoms with van der Waals surface area (Å²) in [4.78, 5) is 25.9. The molecule has 34 heavy (non-hydrogen) atoms. The molecule has 3 aliphatic rings. The van der Waals surface area contributed by atoms with Crippen molar-refractivity contribution in [2.24, 2.45) is 29.6 Å². The van der Waals surface area contributed by atoms with Crippen LogP contribution in [0.3, 0.4) is 0 Å². The molecule has 0 radical (unpaired) electrons. The standard InChI is InChI=1S/C30H36O3Si/c1-20-25-18-27(31)28(20)24-16-15-21(17-26(25)29(24)32)19-33-34(30(2,3)4,22-11-7-5-8-12-22)23-13-9-6-10-14-23/h5-14,21,24-26,28H,1,15-19H2,2-4H3/t21-,24+,25+,26-,28-/m1/s1. The first-order valence-corrected chi connectivity index (χ1v) is 14.6. The van der Waals surface area contributed by atoms with Gasteiger partial charge in [0.15, 0.2) is 0 Å². The van der Waals surface area contributed by atoms with Gasteiger partial charge in [0, 0.05) is 30.8 Å². The molecule has 2 aromatic rings. The van der Waals surface area contributed by atoms with Crippen molar-refractivity contribution in [3.05, 3.63) is 72.8 Å². The number of rotatable bonds is 5. The number of carbonyl (C=O) groups excluding carboxylic acids is 2. The summed E-state index contributed by atoms with van der Waals surface area (Å²) >= 11 is 0. The number of hydrogen-bond acceptors (Lipinski definition) is 3. The molecule has 0 spiro atoms. The zero-order valence-corrected chi connectivity index (χ0v) is 21.6. The molecule has 5 atom stereocenters. The van der Waals surface area contributed by atoms with Crippen molar-refractivity contribution >= 4 is 30.3 Å². The van der Waals surface area contributed by atoms with Gasteiger partial charge in [-0.05, 0) is 46.5 Å². The smallest absolute Gasteiger partial charge is 0.261 e. The summed E-state index contributed by atoms with van der Waals surface area (Å²) < 4.78 is 7.21. The van der Waals surface area contributed by atoms with Crippen LogP contribution in [0.1, 0.15) is 46.5 Å². The number of allylic oxidation sites excluding steroid dienone is 1. The molecule has 3 saturated carbocycles. The van der Waals surface area contributed by atoms with Crippen LogP contribution in [0.15, 0.2) is 72.8 Å². The highest BCUT2D eigenvalue weighted by atomic mass is 28.4. The average molecular weight is 473 g/mol. The van der Waals surface area contributed by atoms with E-state index in [1.807, 2.05) is 0 Å². The molecule has 0 unspecified atom stereocenters. The third-order valence-corrected chi connectivity index (χ3v) is 13.7. The number of Topliss-reactive ketones (excluding diaryl/α,β-unsaturated/α-hetero) is 2. The molecule has 0 aromatic heterocycles. The van der Waals surface area contributed by atoms with Gasteiger partial charge >= 0.3 is 0 Å². The van der Waals surface area contributed by atoms with Crippen LogP contribution in [0.25, 0.3) is 0 Å². The molecular formula is C30H36O3Si. The fourth-order valence-corrected chi connectivity index (χ4v) is 11.7. The minimum atomic E-state index is -2.60. The number of carbonyl (C=O) groups is 2. The van der Waals surface area contributed by atoms with Crippen molar-refractivity contribution < 1.29 is 14.0 Å². The predicted molar refractivity (Wildman–Crippen MR) is 139 cm³/mol. The SMILES string of the molecule is C=C1[C@H]2C(=O)C[C@@H]1[C@H]1C[C@H](CO[Si](c3ccccc3)(c3ccccc3)C(C)(C)C)CC[C@@H]2C1=O. The highest BCUT2D eigenvalue weighted by Gasteiger charge is 2.56. The Morgan fingerprint density at radius 2 is 1.47 bits per heavy atom. The Hall–Kier alpha value is -2.30. The first-order valence-electron chi connectivity index (χ1n) is 12.7. The van der Waals surface area contributed by atoms with Crippen molar-refractivity contribution in [3.63, 3.8) is 0 Å². The molecule has 4 heteroatoms. The van der Waals surface area contributed by atoms with Gasteiger partial charge in [-0.25, -0.2) is 0 Å². The Kier molecular flexibility index (Phi) is 6.02. The zero-order chi connectivity index (χ0) is 24.1. The summed E-state index contributed by atoms with van der Waals surface area (Å²) in [6.45, 7) is 11.8. The topological polar surface area (TPSA) is 43.4 Å². The lowest BCUT2D eigenvalue weighted by atomic mass is 9.69. The van der Waals surface area contributed by atoms with Crippen molar-refractivity contribution in [1.29, 1.82) is 0 Å². The van der Waals surface area contributed by atoms with Gasteiger partial charge in [0.2, 0.25) is 0 Å². The molecule has 0 heterocycles. The van der Waals surface area contributed by atoms with Crippen LogP contribution < -0.4 is 10.4 Å². The van der Waals surface area contributed by atoms with E-state index in [-0.39, 0.29) is 34.5 Å². The highest BCUT2D eigenvalue weighted by molar-refractivity contribution is 6.99. The quantitative estimate of drug-likeness (QED) is 0.457. The molecule has 3 fully saturated rings. The molecule has 0 amide bonds. The first-order chi connectivity index (χ1) is 16.2. The van der Waals surface area contributed by atoms with Gasteiger partial charge in [0.1, 0.15) is 11.6 Å². The van der Waals surface area contributed by atoms with E-state index in [2.05, 4.69) is 88.0 Å². The highest BCUT2D eigenvalue weighted by Crippen LogP contribution is 2.53. The molecule has 4 bridgehead atoms. The van der Waals surface area contributed by atoms with Gasteiger partial charge in [-0.15, -0.1) is 0 Å². The molecule has 2 aromatic carbocycles. The van der Waals surface area contributed by atoms with Crippen molar-refractivity contribution in [2.75, 3.05) is 6.61 Å². The van der Waals surface area contributed by atoms with Crippen LogP contribution >= 0.6 is 0 Å². The zero-order valence-electron chi connectivity index (χ0n) is 20.6. The maximum absolute atomic E-state index is 13.3. The second-order valence-electron chi connectivity index (χ2n) is 11.6. The number of hydrogen-bond donors (Lipinski definition) is 0. The Labute approximate surface area is 204 Å². The minimum absolute atomic E-state index is 0.0507.